The first kappa shape index (κ1) is 12.8. The molecule has 86 valence electrons. The monoisotopic (exact) mass is 250 g/mol. The predicted molar refractivity (Wildman–Crippen MR) is 62.4 cm³/mol. The molecule has 2 amide bonds. The van der Waals surface area contributed by atoms with Crippen LogP contribution in [0, 0.1) is 5.92 Å². The number of halogens is 1. The lowest BCUT2D eigenvalue weighted by Crippen LogP contribution is -2.38. The van der Waals surface area contributed by atoms with Crippen LogP contribution in [-0.2, 0) is 4.79 Å². The van der Waals surface area contributed by atoms with Gasteiger partial charge < -0.3 is 5.32 Å². The Morgan fingerprint density at radius 1 is 1.33 bits per heavy atom. The summed E-state index contributed by atoms with van der Waals surface area (Å²) in [6, 6.07) is 0. The average molecular weight is 251 g/mol. The van der Waals surface area contributed by atoms with Gasteiger partial charge in [0.2, 0.25) is 5.91 Å². The summed E-state index contributed by atoms with van der Waals surface area (Å²) >= 11 is 1.12. The topological polar surface area (TPSA) is 49.4 Å². The van der Waals surface area contributed by atoms with Gasteiger partial charge in [-0.2, -0.15) is 0 Å². The molecule has 2 rings (SSSR count). The molecule has 2 heterocycles. The zero-order valence-electron chi connectivity index (χ0n) is 8.40. The van der Waals surface area contributed by atoms with Crippen LogP contribution >= 0.6 is 24.2 Å². The van der Waals surface area contributed by atoms with Crippen molar-refractivity contribution in [3.8, 4) is 0 Å². The number of carbonyl (C=O) groups is 2. The van der Waals surface area contributed by atoms with Gasteiger partial charge in [0.1, 0.15) is 0 Å². The van der Waals surface area contributed by atoms with E-state index in [9.17, 15) is 9.59 Å². The summed E-state index contributed by atoms with van der Waals surface area (Å²) < 4.78 is 0. The zero-order valence-corrected chi connectivity index (χ0v) is 10.0. The highest BCUT2D eigenvalue weighted by Gasteiger charge is 2.31. The Kier molecular flexibility index (Phi) is 4.89. The lowest BCUT2D eigenvalue weighted by Gasteiger charge is -2.25. The summed E-state index contributed by atoms with van der Waals surface area (Å²) in [5.41, 5.74) is 0. The molecular weight excluding hydrogens is 236 g/mol. The number of carbonyl (C=O) groups excluding carboxylic acids is 2. The van der Waals surface area contributed by atoms with E-state index in [1.54, 1.807) is 0 Å². The SMILES string of the molecule is Cl.O=C1CSC(=O)N1CC1CCNCC1. The first-order valence-electron chi connectivity index (χ1n) is 4.95. The van der Waals surface area contributed by atoms with Crippen LogP contribution in [0.4, 0.5) is 4.79 Å². The minimum Gasteiger partial charge on any atom is -0.317 e. The van der Waals surface area contributed by atoms with E-state index in [0.717, 1.165) is 37.7 Å². The maximum atomic E-state index is 11.3. The third-order valence-electron chi connectivity index (χ3n) is 2.74. The van der Waals surface area contributed by atoms with Crippen molar-refractivity contribution in [2.45, 2.75) is 12.8 Å². The second-order valence-electron chi connectivity index (χ2n) is 3.75. The number of nitrogens with zero attached hydrogens (tertiary/aromatic N) is 1. The Balaban J connectivity index is 0.00000112. The van der Waals surface area contributed by atoms with Gasteiger partial charge in [-0.1, -0.05) is 11.8 Å². The summed E-state index contributed by atoms with van der Waals surface area (Å²) in [6.07, 6.45) is 2.14. The lowest BCUT2D eigenvalue weighted by atomic mass is 9.98. The van der Waals surface area contributed by atoms with Gasteiger partial charge in [-0.15, -0.1) is 12.4 Å². The van der Waals surface area contributed by atoms with Crippen molar-refractivity contribution < 1.29 is 9.59 Å². The molecule has 0 bridgehead atoms. The number of thioether (sulfide) groups is 1. The molecule has 15 heavy (non-hydrogen) atoms. The summed E-state index contributed by atoms with van der Waals surface area (Å²) in [7, 11) is 0. The number of imide groups is 1. The first-order valence-corrected chi connectivity index (χ1v) is 5.94. The van der Waals surface area contributed by atoms with Crippen molar-refractivity contribution >= 4 is 35.3 Å². The molecule has 0 aromatic carbocycles. The van der Waals surface area contributed by atoms with Gasteiger partial charge in [0.15, 0.2) is 0 Å². The highest BCUT2D eigenvalue weighted by atomic mass is 35.5. The molecule has 0 atom stereocenters. The Hall–Kier alpha value is -0.260. The van der Waals surface area contributed by atoms with Crippen LogP contribution in [0.5, 0.6) is 0 Å². The summed E-state index contributed by atoms with van der Waals surface area (Å²) in [6.45, 7) is 2.65. The number of rotatable bonds is 2. The van der Waals surface area contributed by atoms with Crippen molar-refractivity contribution in [2.24, 2.45) is 5.92 Å². The van der Waals surface area contributed by atoms with Crippen LogP contribution in [0.25, 0.3) is 0 Å². The molecule has 4 nitrogen and oxygen atoms in total. The minimum absolute atomic E-state index is 0. The largest absolute Gasteiger partial charge is 0.317 e. The molecule has 0 aliphatic carbocycles. The van der Waals surface area contributed by atoms with E-state index in [2.05, 4.69) is 5.32 Å². The van der Waals surface area contributed by atoms with E-state index < -0.39 is 0 Å². The fourth-order valence-electron chi connectivity index (χ4n) is 1.88. The molecule has 0 aromatic heterocycles. The number of nitrogens with one attached hydrogen (secondary N) is 1. The van der Waals surface area contributed by atoms with Gasteiger partial charge in [0, 0.05) is 6.54 Å². The standard InChI is InChI=1S/C9H14N2O2S.ClH/c12-8-6-14-9(13)11(8)5-7-1-3-10-4-2-7;/h7,10H,1-6H2;1H. The maximum Gasteiger partial charge on any atom is 0.288 e. The molecule has 0 spiro atoms. The molecule has 0 radical (unpaired) electrons. The van der Waals surface area contributed by atoms with Crippen molar-refractivity contribution in [3.63, 3.8) is 0 Å². The van der Waals surface area contributed by atoms with Crippen LogP contribution in [0.1, 0.15) is 12.8 Å². The molecule has 1 N–H and O–H groups in total. The normalized spacial score (nSPS) is 23.1. The molecule has 2 aliphatic rings. The van der Waals surface area contributed by atoms with Crippen molar-refractivity contribution in [1.29, 1.82) is 0 Å². The molecule has 6 heteroatoms. The molecular formula is C9H15ClN2O2S. The van der Waals surface area contributed by atoms with Gasteiger partial charge in [-0.05, 0) is 31.8 Å². The van der Waals surface area contributed by atoms with E-state index in [4.69, 9.17) is 0 Å². The van der Waals surface area contributed by atoms with Crippen LogP contribution in [0.3, 0.4) is 0 Å². The predicted octanol–water partition coefficient (Wildman–Crippen LogP) is 1.10. The van der Waals surface area contributed by atoms with E-state index in [1.165, 1.54) is 4.90 Å². The Labute approximate surface area is 99.6 Å². The Morgan fingerprint density at radius 3 is 2.53 bits per heavy atom. The number of hydrogen-bond donors (Lipinski definition) is 1. The molecule has 2 saturated heterocycles. The minimum atomic E-state index is -0.0615. The third-order valence-corrected chi connectivity index (χ3v) is 3.60. The summed E-state index contributed by atoms with van der Waals surface area (Å²) in [4.78, 5) is 24.1. The number of amides is 2. The Morgan fingerprint density at radius 2 is 2.00 bits per heavy atom. The molecule has 0 unspecified atom stereocenters. The second kappa shape index (κ2) is 5.72. The highest BCUT2D eigenvalue weighted by Crippen LogP contribution is 2.22. The maximum absolute atomic E-state index is 11.3. The number of piperidine rings is 1. The van der Waals surface area contributed by atoms with E-state index in [-0.39, 0.29) is 23.6 Å². The van der Waals surface area contributed by atoms with Gasteiger partial charge in [-0.3, -0.25) is 14.5 Å². The van der Waals surface area contributed by atoms with Gasteiger partial charge >= 0.3 is 0 Å². The van der Waals surface area contributed by atoms with Gasteiger partial charge in [0.25, 0.3) is 5.24 Å². The lowest BCUT2D eigenvalue weighted by molar-refractivity contribution is -0.125. The molecule has 2 aliphatic heterocycles. The van der Waals surface area contributed by atoms with E-state index >= 15 is 0 Å². The smallest absolute Gasteiger partial charge is 0.288 e. The molecule has 0 aromatic rings. The van der Waals surface area contributed by atoms with Crippen LogP contribution in [0.2, 0.25) is 0 Å². The molecule has 2 fully saturated rings. The van der Waals surface area contributed by atoms with Crippen LogP contribution < -0.4 is 5.32 Å². The fourth-order valence-corrected chi connectivity index (χ4v) is 2.61. The quantitative estimate of drug-likeness (QED) is 0.798. The average Bonchev–Trinajstić information content (AvgIpc) is 2.51. The van der Waals surface area contributed by atoms with Gasteiger partial charge in [-0.25, -0.2) is 0 Å². The van der Waals surface area contributed by atoms with Crippen molar-refractivity contribution in [1.82, 2.24) is 10.2 Å². The zero-order chi connectivity index (χ0) is 9.97. The van der Waals surface area contributed by atoms with Crippen molar-refractivity contribution in [2.75, 3.05) is 25.4 Å². The summed E-state index contributed by atoms with van der Waals surface area (Å²) in [5.74, 6) is 0.824. The Bertz CT molecular complexity index is 240. The van der Waals surface area contributed by atoms with Crippen LogP contribution in [0.15, 0.2) is 0 Å². The highest BCUT2D eigenvalue weighted by molar-refractivity contribution is 8.14. The van der Waals surface area contributed by atoms with Gasteiger partial charge in [0.05, 0.1) is 5.75 Å². The second-order valence-corrected chi connectivity index (χ2v) is 4.68. The summed E-state index contributed by atoms with van der Waals surface area (Å²) in [5, 5.41) is 3.21. The van der Waals surface area contributed by atoms with E-state index in [0.29, 0.717) is 18.2 Å². The third kappa shape index (κ3) is 3.09. The van der Waals surface area contributed by atoms with Crippen molar-refractivity contribution in [3.05, 3.63) is 0 Å². The molecule has 0 saturated carbocycles. The number of hydrogen-bond acceptors (Lipinski definition) is 4. The fraction of sp³-hybridized carbons (Fsp3) is 0.778. The van der Waals surface area contributed by atoms with E-state index in [1.807, 2.05) is 0 Å². The van der Waals surface area contributed by atoms with Crippen LogP contribution in [-0.4, -0.2) is 41.4 Å². The first-order chi connectivity index (χ1) is 6.77.